The summed E-state index contributed by atoms with van der Waals surface area (Å²) < 4.78 is 5.30. The number of ether oxygens (including phenoxy) is 1. The molecule has 1 atom stereocenters. The van der Waals surface area contributed by atoms with Gasteiger partial charge in [0.15, 0.2) is 0 Å². The second-order valence-corrected chi connectivity index (χ2v) is 7.28. The number of nitrogens with one attached hydrogen (secondary N) is 3. The number of carbonyl (C=O) groups is 2. The summed E-state index contributed by atoms with van der Waals surface area (Å²) in [5.41, 5.74) is 2.24. The number of amides is 2. The molecule has 6 nitrogen and oxygen atoms in total. The van der Waals surface area contributed by atoms with Crippen molar-refractivity contribution in [1.29, 1.82) is 0 Å². The minimum absolute atomic E-state index is 0.175. The zero-order valence-electron chi connectivity index (χ0n) is 14.6. The van der Waals surface area contributed by atoms with Gasteiger partial charge in [0.25, 0.3) is 5.91 Å². The van der Waals surface area contributed by atoms with E-state index in [9.17, 15) is 9.59 Å². The second-order valence-electron chi connectivity index (χ2n) is 6.18. The molecule has 2 heterocycles. The van der Waals surface area contributed by atoms with Crippen LogP contribution in [0.1, 0.15) is 27.7 Å². The number of para-hydroxylation sites is 2. The summed E-state index contributed by atoms with van der Waals surface area (Å²) in [6, 6.07) is 7.29. The zero-order valence-corrected chi connectivity index (χ0v) is 15.4. The van der Waals surface area contributed by atoms with E-state index in [1.54, 1.807) is 19.2 Å². The molecule has 1 aromatic carbocycles. The van der Waals surface area contributed by atoms with Gasteiger partial charge in [0, 0.05) is 13.3 Å². The van der Waals surface area contributed by atoms with E-state index < -0.39 is 0 Å². The number of carbonyl (C=O) groups excluding carboxylic acids is 2. The molecule has 132 valence electrons. The van der Waals surface area contributed by atoms with Crippen LogP contribution in [0.3, 0.4) is 0 Å². The molecule has 0 spiro atoms. The van der Waals surface area contributed by atoms with Crippen molar-refractivity contribution in [3.8, 4) is 5.75 Å². The van der Waals surface area contributed by atoms with Crippen LogP contribution in [0.25, 0.3) is 0 Å². The van der Waals surface area contributed by atoms with Crippen molar-refractivity contribution >= 4 is 33.8 Å². The highest BCUT2D eigenvalue weighted by atomic mass is 32.1. The van der Waals surface area contributed by atoms with E-state index in [1.807, 2.05) is 12.1 Å². The van der Waals surface area contributed by atoms with Gasteiger partial charge in [0.05, 0.1) is 36.8 Å². The highest BCUT2D eigenvalue weighted by Crippen LogP contribution is 2.36. The van der Waals surface area contributed by atoms with E-state index in [-0.39, 0.29) is 11.8 Å². The van der Waals surface area contributed by atoms with Crippen LogP contribution in [0.4, 0.5) is 10.7 Å². The lowest BCUT2D eigenvalue weighted by atomic mass is 10.0. The predicted molar refractivity (Wildman–Crippen MR) is 98.7 cm³/mol. The summed E-state index contributed by atoms with van der Waals surface area (Å²) in [7, 11) is 3.70. The van der Waals surface area contributed by atoms with Gasteiger partial charge in [-0.1, -0.05) is 12.1 Å². The van der Waals surface area contributed by atoms with E-state index in [2.05, 4.69) is 17.7 Å². The minimum Gasteiger partial charge on any atom is -0.495 e. The molecule has 3 rings (SSSR count). The number of likely N-dealkylation sites (N-methyl/N-ethyl adjacent to an activating group) is 1. The van der Waals surface area contributed by atoms with Gasteiger partial charge in [-0.15, -0.1) is 11.3 Å². The first kappa shape index (κ1) is 17.4. The van der Waals surface area contributed by atoms with Crippen LogP contribution < -0.4 is 20.3 Å². The van der Waals surface area contributed by atoms with Crippen molar-refractivity contribution in [3.05, 3.63) is 40.3 Å². The Kier molecular flexibility index (Phi) is 5.06. The van der Waals surface area contributed by atoms with E-state index in [0.717, 1.165) is 30.0 Å². The van der Waals surface area contributed by atoms with E-state index in [1.165, 1.54) is 23.2 Å². The first-order valence-corrected chi connectivity index (χ1v) is 8.99. The Labute approximate surface area is 150 Å². The smallest absolute Gasteiger partial charge is 0.259 e. The number of hydrogen-bond acceptors (Lipinski definition) is 4. The lowest BCUT2D eigenvalue weighted by Crippen LogP contribution is -3.08. The van der Waals surface area contributed by atoms with E-state index in [4.69, 9.17) is 4.74 Å². The number of fused-ring (bicyclic) bond motifs is 1. The number of rotatable bonds is 4. The molecule has 1 aliphatic rings. The Bertz CT molecular complexity index is 816. The van der Waals surface area contributed by atoms with E-state index in [0.29, 0.717) is 22.0 Å². The first-order valence-electron chi connectivity index (χ1n) is 8.17. The lowest BCUT2D eigenvalue weighted by molar-refractivity contribution is -0.895. The second kappa shape index (κ2) is 7.25. The topological polar surface area (TPSA) is 71.9 Å². The van der Waals surface area contributed by atoms with Crippen LogP contribution in [0.15, 0.2) is 24.3 Å². The third-order valence-corrected chi connectivity index (χ3v) is 5.37. The van der Waals surface area contributed by atoms with Crippen LogP contribution in [0.2, 0.25) is 0 Å². The van der Waals surface area contributed by atoms with Crippen LogP contribution >= 0.6 is 11.3 Å². The van der Waals surface area contributed by atoms with Gasteiger partial charge < -0.3 is 20.3 Å². The van der Waals surface area contributed by atoms with Gasteiger partial charge >= 0.3 is 0 Å². The average Bonchev–Trinajstić information content (AvgIpc) is 2.91. The van der Waals surface area contributed by atoms with Crippen molar-refractivity contribution in [2.75, 3.05) is 31.3 Å². The van der Waals surface area contributed by atoms with Gasteiger partial charge in [-0.05, 0) is 17.7 Å². The van der Waals surface area contributed by atoms with Gasteiger partial charge in [-0.3, -0.25) is 9.59 Å². The molecule has 1 aromatic heterocycles. The molecule has 0 radical (unpaired) electrons. The molecule has 2 amide bonds. The van der Waals surface area contributed by atoms with Crippen LogP contribution in [0, 0.1) is 0 Å². The molecule has 0 saturated carbocycles. The van der Waals surface area contributed by atoms with Gasteiger partial charge in [0.1, 0.15) is 17.3 Å². The van der Waals surface area contributed by atoms with E-state index >= 15 is 0 Å². The maximum atomic E-state index is 13.0. The number of thiophene rings is 1. The van der Waals surface area contributed by atoms with Crippen molar-refractivity contribution in [2.24, 2.45) is 0 Å². The molecule has 0 fully saturated rings. The molecule has 0 aliphatic carbocycles. The van der Waals surface area contributed by atoms with Crippen molar-refractivity contribution in [3.63, 3.8) is 0 Å². The molecule has 7 heteroatoms. The molecule has 3 N–H and O–H groups in total. The van der Waals surface area contributed by atoms with Gasteiger partial charge in [-0.25, -0.2) is 0 Å². The Morgan fingerprint density at radius 2 is 2.00 bits per heavy atom. The fourth-order valence-corrected chi connectivity index (χ4v) is 4.45. The Morgan fingerprint density at radius 1 is 1.24 bits per heavy atom. The number of benzene rings is 1. The summed E-state index contributed by atoms with van der Waals surface area (Å²) in [6.45, 7) is 3.30. The maximum Gasteiger partial charge on any atom is 0.259 e. The Hall–Kier alpha value is -2.38. The van der Waals surface area contributed by atoms with Crippen molar-refractivity contribution < 1.29 is 19.2 Å². The third-order valence-electron chi connectivity index (χ3n) is 4.23. The standard InChI is InChI=1S/C18H21N3O3S/c1-11(22)19-18-16(12-8-9-21(2)10-15(12)25-18)17(23)20-13-6-4-5-7-14(13)24-3/h4-7H,8-10H2,1-3H3,(H,19,22)(H,20,23)/p+1. The summed E-state index contributed by atoms with van der Waals surface area (Å²) in [5.74, 6) is 0.209. The summed E-state index contributed by atoms with van der Waals surface area (Å²) in [6.07, 6.45) is 0.825. The summed E-state index contributed by atoms with van der Waals surface area (Å²) >= 11 is 1.50. The van der Waals surface area contributed by atoms with Crippen molar-refractivity contribution in [1.82, 2.24) is 0 Å². The molecule has 25 heavy (non-hydrogen) atoms. The number of quaternary nitrogens is 1. The third kappa shape index (κ3) is 3.67. The van der Waals surface area contributed by atoms with Crippen LogP contribution in [-0.4, -0.2) is 32.5 Å². The largest absolute Gasteiger partial charge is 0.495 e. The molecular formula is C18H22N3O3S+. The highest BCUT2D eigenvalue weighted by Gasteiger charge is 2.29. The molecule has 0 saturated heterocycles. The van der Waals surface area contributed by atoms with Crippen molar-refractivity contribution in [2.45, 2.75) is 19.9 Å². The fraction of sp³-hybridized carbons (Fsp3) is 0.333. The number of hydrogen-bond donors (Lipinski definition) is 3. The molecule has 1 aliphatic heterocycles. The number of anilines is 2. The summed E-state index contributed by atoms with van der Waals surface area (Å²) in [4.78, 5) is 27.1. The Morgan fingerprint density at radius 3 is 2.72 bits per heavy atom. The normalized spacial score (nSPS) is 16.0. The highest BCUT2D eigenvalue weighted by molar-refractivity contribution is 7.17. The zero-order chi connectivity index (χ0) is 18.0. The lowest BCUT2D eigenvalue weighted by Gasteiger charge is -2.20. The minimum atomic E-state index is -0.217. The van der Waals surface area contributed by atoms with Gasteiger partial charge in [-0.2, -0.15) is 0 Å². The summed E-state index contributed by atoms with van der Waals surface area (Å²) in [5, 5.41) is 6.37. The average molecular weight is 360 g/mol. The molecule has 2 aromatic rings. The monoisotopic (exact) mass is 360 g/mol. The first-order chi connectivity index (χ1) is 12.0. The van der Waals surface area contributed by atoms with Gasteiger partial charge in [0.2, 0.25) is 5.91 Å². The van der Waals surface area contributed by atoms with Crippen LogP contribution in [0.5, 0.6) is 5.75 Å². The quantitative estimate of drug-likeness (QED) is 0.774. The SMILES string of the molecule is COc1ccccc1NC(=O)c1c(NC(C)=O)sc2c1CC[NH+](C)C2. The fourth-order valence-electron chi connectivity index (χ4n) is 3.04. The van der Waals surface area contributed by atoms with Crippen LogP contribution in [-0.2, 0) is 17.8 Å². The molecule has 0 bridgehead atoms. The number of methoxy groups -OCH3 is 1. The Balaban J connectivity index is 1.97. The molecule has 1 unspecified atom stereocenters. The predicted octanol–water partition coefficient (Wildman–Crippen LogP) is 1.54. The molecular weight excluding hydrogens is 338 g/mol. The maximum absolute atomic E-state index is 13.0.